The van der Waals surface area contributed by atoms with E-state index in [1.165, 1.54) is 0 Å². The van der Waals surface area contributed by atoms with Crippen LogP contribution in [0.5, 0.6) is 0 Å². The number of aliphatic hydroxyl groups is 1. The van der Waals surface area contributed by atoms with Crippen LogP contribution in [0.15, 0.2) is 30.3 Å². The molecule has 0 saturated carbocycles. The van der Waals surface area contributed by atoms with Crippen LogP contribution in [-0.2, 0) is 9.47 Å². The SMILES string of the molecule is CC(OC(=O)c1ccccc1)[C@@H]1C[C@@H](C)C(O)O1. The van der Waals surface area contributed by atoms with Crippen LogP contribution in [0.3, 0.4) is 0 Å². The monoisotopic (exact) mass is 250 g/mol. The highest BCUT2D eigenvalue weighted by atomic mass is 16.6. The second-order valence-electron chi connectivity index (χ2n) is 4.75. The standard InChI is InChI=1S/C14H18O4/c1-9-8-12(18-13(9)15)10(2)17-14(16)11-6-4-3-5-7-11/h3-7,9-10,12-13,15H,8H2,1-2H3/t9-,10?,12+,13?/m1/s1. The third kappa shape index (κ3) is 2.89. The quantitative estimate of drug-likeness (QED) is 0.833. The van der Waals surface area contributed by atoms with Crippen LogP contribution < -0.4 is 0 Å². The van der Waals surface area contributed by atoms with Gasteiger partial charge < -0.3 is 14.6 Å². The lowest BCUT2D eigenvalue weighted by Crippen LogP contribution is -2.29. The van der Waals surface area contributed by atoms with Gasteiger partial charge in [0.1, 0.15) is 6.10 Å². The van der Waals surface area contributed by atoms with Crippen molar-refractivity contribution in [2.24, 2.45) is 5.92 Å². The van der Waals surface area contributed by atoms with Gasteiger partial charge in [0.15, 0.2) is 6.29 Å². The van der Waals surface area contributed by atoms with Gasteiger partial charge in [-0.15, -0.1) is 0 Å². The minimum absolute atomic E-state index is 0.0767. The van der Waals surface area contributed by atoms with E-state index in [0.717, 1.165) is 0 Å². The molecule has 4 atom stereocenters. The minimum Gasteiger partial charge on any atom is -0.456 e. The van der Waals surface area contributed by atoms with Gasteiger partial charge in [0.05, 0.1) is 11.7 Å². The van der Waals surface area contributed by atoms with Gasteiger partial charge in [0.25, 0.3) is 0 Å². The normalized spacial score (nSPS) is 28.9. The van der Waals surface area contributed by atoms with E-state index in [2.05, 4.69) is 0 Å². The topological polar surface area (TPSA) is 55.8 Å². The molecule has 0 aliphatic carbocycles. The maximum absolute atomic E-state index is 11.8. The number of esters is 1. The molecule has 1 aliphatic rings. The van der Waals surface area contributed by atoms with Gasteiger partial charge in [-0.05, 0) is 25.5 Å². The fourth-order valence-electron chi connectivity index (χ4n) is 2.04. The van der Waals surface area contributed by atoms with E-state index in [-0.39, 0.29) is 24.1 Å². The molecule has 1 N–H and O–H groups in total. The van der Waals surface area contributed by atoms with E-state index in [0.29, 0.717) is 12.0 Å². The molecule has 1 saturated heterocycles. The Morgan fingerprint density at radius 3 is 2.67 bits per heavy atom. The summed E-state index contributed by atoms with van der Waals surface area (Å²) in [4.78, 5) is 11.8. The van der Waals surface area contributed by atoms with Gasteiger partial charge in [0, 0.05) is 5.92 Å². The molecule has 1 aromatic rings. The van der Waals surface area contributed by atoms with Gasteiger partial charge in [-0.25, -0.2) is 4.79 Å². The third-order valence-corrected chi connectivity index (χ3v) is 3.23. The summed E-state index contributed by atoms with van der Waals surface area (Å²) in [6.45, 7) is 3.70. The summed E-state index contributed by atoms with van der Waals surface area (Å²) in [5, 5.41) is 9.51. The second-order valence-corrected chi connectivity index (χ2v) is 4.75. The molecule has 0 amide bonds. The molecule has 1 fully saturated rings. The molecule has 2 unspecified atom stereocenters. The van der Waals surface area contributed by atoms with Crippen molar-refractivity contribution in [3.63, 3.8) is 0 Å². The van der Waals surface area contributed by atoms with Crippen molar-refractivity contribution in [3.05, 3.63) is 35.9 Å². The summed E-state index contributed by atoms with van der Waals surface area (Å²) in [5.41, 5.74) is 0.524. The fourth-order valence-corrected chi connectivity index (χ4v) is 2.04. The summed E-state index contributed by atoms with van der Waals surface area (Å²) < 4.78 is 10.7. The molecule has 0 bridgehead atoms. The van der Waals surface area contributed by atoms with Crippen LogP contribution in [0.4, 0.5) is 0 Å². The summed E-state index contributed by atoms with van der Waals surface area (Å²) in [6.07, 6.45) is -0.655. The van der Waals surface area contributed by atoms with Crippen molar-refractivity contribution in [2.45, 2.75) is 38.8 Å². The zero-order valence-corrected chi connectivity index (χ0v) is 10.6. The average Bonchev–Trinajstić information content (AvgIpc) is 2.71. The highest BCUT2D eigenvalue weighted by Gasteiger charge is 2.35. The lowest BCUT2D eigenvalue weighted by molar-refractivity contribution is -0.129. The molecular formula is C14H18O4. The number of hydrogen-bond acceptors (Lipinski definition) is 4. The number of hydrogen-bond donors (Lipinski definition) is 1. The number of carbonyl (C=O) groups is 1. The Bertz CT molecular complexity index is 394. The van der Waals surface area contributed by atoms with Crippen molar-refractivity contribution in [1.29, 1.82) is 0 Å². The van der Waals surface area contributed by atoms with Gasteiger partial charge in [-0.3, -0.25) is 0 Å². The maximum Gasteiger partial charge on any atom is 0.338 e. The fraction of sp³-hybridized carbons (Fsp3) is 0.500. The first-order chi connectivity index (χ1) is 8.58. The Balaban J connectivity index is 1.92. The summed E-state index contributed by atoms with van der Waals surface area (Å²) in [7, 11) is 0. The number of aliphatic hydroxyl groups excluding tert-OH is 1. The first-order valence-electron chi connectivity index (χ1n) is 6.17. The second kappa shape index (κ2) is 5.50. The van der Waals surface area contributed by atoms with E-state index in [9.17, 15) is 9.90 Å². The smallest absolute Gasteiger partial charge is 0.338 e. The first kappa shape index (κ1) is 13.1. The Morgan fingerprint density at radius 2 is 2.11 bits per heavy atom. The average molecular weight is 250 g/mol. The largest absolute Gasteiger partial charge is 0.456 e. The Labute approximate surface area is 107 Å². The number of benzene rings is 1. The van der Waals surface area contributed by atoms with Crippen LogP contribution in [0.1, 0.15) is 30.6 Å². The lowest BCUT2D eigenvalue weighted by atomic mass is 10.0. The molecule has 4 heteroatoms. The van der Waals surface area contributed by atoms with Crippen molar-refractivity contribution >= 4 is 5.97 Å². The predicted molar refractivity (Wildman–Crippen MR) is 66.0 cm³/mol. The summed E-state index contributed by atoms with van der Waals surface area (Å²) >= 11 is 0. The van der Waals surface area contributed by atoms with Crippen LogP contribution in [0, 0.1) is 5.92 Å². The summed E-state index contributed by atoms with van der Waals surface area (Å²) in [5.74, 6) is -0.284. The highest BCUT2D eigenvalue weighted by molar-refractivity contribution is 5.89. The molecule has 98 valence electrons. The molecule has 0 spiro atoms. The van der Waals surface area contributed by atoms with Gasteiger partial charge in [-0.2, -0.15) is 0 Å². The third-order valence-electron chi connectivity index (χ3n) is 3.23. The van der Waals surface area contributed by atoms with Crippen LogP contribution in [0.2, 0.25) is 0 Å². The Morgan fingerprint density at radius 1 is 1.44 bits per heavy atom. The molecule has 18 heavy (non-hydrogen) atoms. The zero-order valence-electron chi connectivity index (χ0n) is 10.6. The Hall–Kier alpha value is -1.39. The van der Waals surface area contributed by atoms with E-state index in [1.54, 1.807) is 31.2 Å². The van der Waals surface area contributed by atoms with E-state index >= 15 is 0 Å². The number of ether oxygens (including phenoxy) is 2. The molecule has 2 rings (SSSR count). The van der Waals surface area contributed by atoms with Crippen molar-refractivity contribution in [2.75, 3.05) is 0 Å². The van der Waals surface area contributed by atoms with Gasteiger partial charge >= 0.3 is 5.97 Å². The van der Waals surface area contributed by atoms with E-state index in [4.69, 9.17) is 9.47 Å². The minimum atomic E-state index is -0.757. The molecule has 1 aliphatic heterocycles. The highest BCUT2D eigenvalue weighted by Crippen LogP contribution is 2.27. The van der Waals surface area contributed by atoms with Crippen molar-refractivity contribution in [3.8, 4) is 0 Å². The molecule has 0 aromatic heterocycles. The molecule has 4 nitrogen and oxygen atoms in total. The number of rotatable bonds is 3. The lowest BCUT2D eigenvalue weighted by Gasteiger charge is -2.19. The Kier molecular flexibility index (Phi) is 3.99. The van der Waals surface area contributed by atoms with Gasteiger partial charge in [-0.1, -0.05) is 25.1 Å². The number of carbonyl (C=O) groups excluding carboxylic acids is 1. The zero-order chi connectivity index (χ0) is 13.1. The molecular weight excluding hydrogens is 232 g/mol. The van der Waals surface area contributed by atoms with Crippen molar-refractivity contribution < 1.29 is 19.4 Å². The summed E-state index contributed by atoms with van der Waals surface area (Å²) in [6, 6.07) is 8.85. The van der Waals surface area contributed by atoms with Gasteiger partial charge in [0.2, 0.25) is 0 Å². The van der Waals surface area contributed by atoms with Crippen molar-refractivity contribution in [1.82, 2.24) is 0 Å². The van der Waals surface area contributed by atoms with Crippen LogP contribution >= 0.6 is 0 Å². The molecule has 0 radical (unpaired) electrons. The molecule has 1 aromatic carbocycles. The van der Waals surface area contributed by atoms with E-state index in [1.807, 2.05) is 13.0 Å². The molecule has 1 heterocycles. The maximum atomic E-state index is 11.8. The van der Waals surface area contributed by atoms with Crippen LogP contribution in [-0.4, -0.2) is 29.6 Å². The van der Waals surface area contributed by atoms with E-state index < -0.39 is 6.29 Å². The first-order valence-corrected chi connectivity index (χ1v) is 6.17. The predicted octanol–water partition coefficient (Wildman–Crippen LogP) is 1.98. The van der Waals surface area contributed by atoms with Crippen LogP contribution in [0.25, 0.3) is 0 Å².